The van der Waals surface area contributed by atoms with Crippen LogP contribution in [0.25, 0.3) is 0 Å². The number of esters is 2. The van der Waals surface area contributed by atoms with Gasteiger partial charge >= 0.3 is 11.9 Å². The maximum atomic E-state index is 14.0. The summed E-state index contributed by atoms with van der Waals surface area (Å²) in [5, 5.41) is 35.0. The Morgan fingerprint density at radius 2 is 1.89 bits per heavy atom. The number of hydrogen-bond donors (Lipinski definition) is 3. The topological polar surface area (TPSA) is 144 Å². The van der Waals surface area contributed by atoms with Crippen molar-refractivity contribution in [3.05, 3.63) is 24.2 Å². The summed E-state index contributed by atoms with van der Waals surface area (Å²) >= 11 is 0. The Hall–Kier alpha value is -2.23. The minimum atomic E-state index is -1.63. The van der Waals surface area contributed by atoms with Crippen molar-refractivity contribution < 1.29 is 43.6 Å². The quantitative estimate of drug-likeness (QED) is 0.528. The zero-order chi connectivity index (χ0) is 26.4. The number of fused-ring (bicyclic) bond motifs is 6. The number of ether oxygens (including phenoxy) is 2. The first kappa shape index (κ1) is 25.4. The van der Waals surface area contributed by atoms with Crippen molar-refractivity contribution in [1.82, 2.24) is 0 Å². The van der Waals surface area contributed by atoms with Gasteiger partial charge in [-0.05, 0) is 42.6 Å². The molecule has 198 valence electrons. The number of aliphatic hydroxyl groups excluding tert-OH is 2. The van der Waals surface area contributed by atoms with E-state index in [2.05, 4.69) is 0 Å². The molecule has 9 nitrogen and oxygen atoms in total. The summed E-state index contributed by atoms with van der Waals surface area (Å²) in [4.78, 5) is 39.4. The highest BCUT2D eigenvalue weighted by molar-refractivity contribution is 5.91. The van der Waals surface area contributed by atoms with Crippen LogP contribution in [0.5, 0.6) is 0 Å². The van der Waals surface area contributed by atoms with Crippen LogP contribution in [-0.2, 0) is 23.9 Å². The van der Waals surface area contributed by atoms with Gasteiger partial charge in [-0.25, -0.2) is 4.79 Å². The van der Waals surface area contributed by atoms with Gasteiger partial charge in [-0.3, -0.25) is 9.59 Å². The summed E-state index contributed by atoms with van der Waals surface area (Å²) < 4.78 is 15.9. The first-order valence-corrected chi connectivity index (χ1v) is 12.7. The molecule has 1 aliphatic heterocycles. The molecule has 5 unspecified atom stereocenters. The van der Waals surface area contributed by atoms with Gasteiger partial charge in [-0.15, -0.1) is 0 Å². The van der Waals surface area contributed by atoms with Crippen molar-refractivity contribution in [2.45, 2.75) is 77.3 Å². The van der Waals surface area contributed by atoms with E-state index >= 15 is 0 Å². The highest BCUT2D eigenvalue weighted by Crippen LogP contribution is 2.70. The molecule has 1 aromatic rings. The molecule has 36 heavy (non-hydrogen) atoms. The molecule has 3 N–H and O–H groups in total. The van der Waals surface area contributed by atoms with Gasteiger partial charge in [0.05, 0.1) is 37.8 Å². The van der Waals surface area contributed by atoms with Crippen LogP contribution in [-0.4, -0.2) is 58.0 Å². The van der Waals surface area contributed by atoms with Crippen LogP contribution < -0.4 is 0 Å². The molecular weight excluding hydrogens is 468 g/mol. The summed E-state index contributed by atoms with van der Waals surface area (Å²) in [5.41, 5.74) is -3.96. The standard InChI is InChI=1S/C27H36O9/c1-24(2)19(18(29)23(32)34-5)26(4)15-6-8-25(3)22(13-7-9-35-12-13)36-17(28)11-27(25,33)16(15)10-14(20(24)30)21(26)31/h7,9,12,14-16,18-20,22,29-30,33H,6,8,10-11H2,1-5H3/t14?,15?,16?,18?,19?,20-,22+,25+,26-,27+/m1/s1. The SMILES string of the molecule is COC(=O)C(O)C1C(C)(C)[C@H](O)C2CC3C(CC[C@@]4(C)[C@H](c5ccoc5)OC(=O)C[C@]34O)[C@@]1(C)C2=O. The third-order valence-electron chi connectivity index (χ3n) is 10.6. The Kier molecular flexibility index (Phi) is 5.57. The molecule has 4 aliphatic rings. The lowest BCUT2D eigenvalue weighted by molar-refractivity contribution is -0.282. The van der Waals surface area contributed by atoms with Crippen molar-refractivity contribution in [2.75, 3.05) is 7.11 Å². The lowest BCUT2D eigenvalue weighted by Gasteiger charge is -2.69. The molecule has 1 saturated heterocycles. The van der Waals surface area contributed by atoms with Crippen molar-refractivity contribution >= 4 is 17.7 Å². The average molecular weight is 505 g/mol. The predicted molar refractivity (Wildman–Crippen MR) is 124 cm³/mol. The van der Waals surface area contributed by atoms with E-state index in [1.54, 1.807) is 26.8 Å². The van der Waals surface area contributed by atoms with Gasteiger partial charge < -0.3 is 29.2 Å². The minimum Gasteiger partial charge on any atom is -0.472 e. The molecule has 0 spiro atoms. The molecule has 1 aromatic heterocycles. The Balaban J connectivity index is 1.65. The van der Waals surface area contributed by atoms with E-state index in [9.17, 15) is 29.7 Å². The molecular formula is C27H36O9. The van der Waals surface area contributed by atoms with Gasteiger partial charge in [-0.1, -0.05) is 27.7 Å². The average Bonchev–Trinajstić information content (AvgIpc) is 3.34. The van der Waals surface area contributed by atoms with Gasteiger partial charge in [0, 0.05) is 28.2 Å². The van der Waals surface area contributed by atoms with Gasteiger partial charge in [0.15, 0.2) is 6.10 Å². The molecule has 5 rings (SSSR count). The molecule has 4 fully saturated rings. The van der Waals surface area contributed by atoms with Crippen molar-refractivity contribution in [1.29, 1.82) is 0 Å². The van der Waals surface area contributed by atoms with Crippen LogP contribution in [0.2, 0.25) is 0 Å². The summed E-state index contributed by atoms with van der Waals surface area (Å²) in [6.07, 6.45) is 0.427. The number of methoxy groups -OCH3 is 1. The fourth-order valence-electron chi connectivity index (χ4n) is 8.87. The zero-order valence-corrected chi connectivity index (χ0v) is 21.4. The monoisotopic (exact) mass is 504 g/mol. The number of ketones is 1. The summed E-state index contributed by atoms with van der Waals surface area (Å²) in [7, 11) is 1.17. The third kappa shape index (κ3) is 2.96. The van der Waals surface area contributed by atoms with Crippen LogP contribution in [0.15, 0.2) is 23.0 Å². The summed E-state index contributed by atoms with van der Waals surface area (Å²) in [6, 6.07) is 1.72. The number of furan rings is 1. The van der Waals surface area contributed by atoms with Gasteiger partial charge in [-0.2, -0.15) is 0 Å². The van der Waals surface area contributed by atoms with Crippen LogP contribution in [0, 0.1) is 39.9 Å². The van der Waals surface area contributed by atoms with E-state index in [-0.39, 0.29) is 18.6 Å². The first-order chi connectivity index (χ1) is 16.7. The van der Waals surface area contributed by atoms with Gasteiger partial charge in [0.1, 0.15) is 11.9 Å². The summed E-state index contributed by atoms with van der Waals surface area (Å²) in [6.45, 7) is 7.19. The maximum absolute atomic E-state index is 14.0. The van der Waals surface area contributed by atoms with Crippen LogP contribution >= 0.6 is 0 Å². The smallest absolute Gasteiger partial charge is 0.335 e. The Bertz CT molecular complexity index is 1080. The number of Topliss-reactive ketones (excluding diaryl/α,β-unsaturated/α-hetero) is 1. The second-order valence-electron chi connectivity index (χ2n) is 12.4. The third-order valence-corrected chi connectivity index (χ3v) is 10.6. The largest absolute Gasteiger partial charge is 0.472 e. The predicted octanol–water partition coefficient (Wildman–Crippen LogP) is 2.18. The fourth-order valence-corrected chi connectivity index (χ4v) is 8.87. The van der Waals surface area contributed by atoms with E-state index in [1.807, 2.05) is 6.92 Å². The number of rotatable bonds is 3. The van der Waals surface area contributed by atoms with Crippen LogP contribution in [0.3, 0.4) is 0 Å². The molecule has 0 radical (unpaired) electrons. The van der Waals surface area contributed by atoms with Gasteiger partial charge in [0.25, 0.3) is 0 Å². The Morgan fingerprint density at radius 3 is 2.50 bits per heavy atom. The number of aliphatic hydroxyl groups is 3. The second-order valence-corrected chi connectivity index (χ2v) is 12.4. The highest BCUT2D eigenvalue weighted by atomic mass is 16.6. The van der Waals surface area contributed by atoms with Crippen molar-refractivity contribution in [2.24, 2.45) is 39.9 Å². The highest BCUT2D eigenvalue weighted by Gasteiger charge is 2.75. The van der Waals surface area contributed by atoms with E-state index in [4.69, 9.17) is 13.9 Å². The maximum Gasteiger partial charge on any atom is 0.335 e. The van der Waals surface area contributed by atoms with Crippen LogP contribution in [0.4, 0.5) is 0 Å². The van der Waals surface area contributed by atoms with E-state index in [0.29, 0.717) is 18.4 Å². The van der Waals surface area contributed by atoms with E-state index in [0.717, 1.165) is 0 Å². The molecule has 9 heteroatoms. The first-order valence-electron chi connectivity index (χ1n) is 12.7. The Morgan fingerprint density at radius 1 is 1.19 bits per heavy atom. The van der Waals surface area contributed by atoms with E-state index in [1.165, 1.54) is 19.6 Å². The van der Waals surface area contributed by atoms with Crippen LogP contribution in [0.1, 0.15) is 65.0 Å². The lowest BCUT2D eigenvalue weighted by Crippen LogP contribution is -2.74. The molecule has 2 heterocycles. The number of hydrogen-bond acceptors (Lipinski definition) is 9. The summed E-state index contributed by atoms with van der Waals surface area (Å²) in [5.74, 6) is -4.33. The number of carbonyl (C=O) groups is 3. The lowest BCUT2D eigenvalue weighted by atomic mass is 9.36. The van der Waals surface area contributed by atoms with Crippen molar-refractivity contribution in [3.63, 3.8) is 0 Å². The second kappa shape index (κ2) is 7.88. The number of cyclic esters (lactones) is 1. The fraction of sp³-hybridized carbons (Fsp3) is 0.741. The molecule has 2 bridgehead atoms. The molecule has 3 saturated carbocycles. The zero-order valence-electron chi connectivity index (χ0n) is 21.4. The molecule has 0 aromatic carbocycles. The van der Waals surface area contributed by atoms with Crippen molar-refractivity contribution in [3.8, 4) is 0 Å². The normalized spacial score (nSPS) is 46.2. The molecule has 3 aliphatic carbocycles. The number of carbonyl (C=O) groups excluding carboxylic acids is 3. The van der Waals surface area contributed by atoms with E-state index < -0.39 is 75.8 Å². The molecule has 0 amide bonds. The Labute approximate surface area is 210 Å². The van der Waals surface area contributed by atoms with Gasteiger partial charge in [0.2, 0.25) is 0 Å². The minimum absolute atomic E-state index is 0.208. The molecule has 10 atom stereocenters.